The van der Waals surface area contributed by atoms with Crippen molar-refractivity contribution < 1.29 is 14.7 Å². The molecule has 5 heteroatoms. The van der Waals surface area contributed by atoms with Crippen LogP contribution in [0.1, 0.15) is 51.4 Å². The van der Waals surface area contributed by atoms with Gasteiger partial charge in [0.2, 0.25) is 5.91 Å². The summed E-state index contributed by atoms with van der Waals surface area (Å²) in [6.07, 6.45) is 7.83. The molecule has 1 amide bonds. The Hall–Kier alpha value is -1.10. The molecule has 2 saturated carbocycles. The standard InChI is InChI=1S/C14H24N2O3/c15-10-14(7-3-1-2-4-8-14)13(19)16(9-12(17)18)11-5-6-11/h11H,1-10,15H2,(H,17,18). The van der Waals surface area contributed by atoms with Gasteiger partial charge in [-0.05, 0) is 25.7 Å². The van der Waals surface area contributed by atoms with Crippen LogP contribution in [0.25, 0.3) is 0 Å². The van der Waals surface area contributed by atoms with E-state index in [0.717, 1.165) is 51.4 Å². The van der Waals surface area contributed by atoms with Crippen LogP contribution in [0.3, 0.4) is 0 Å². The van der Waals surface area contributed by atoms with Gasteiger partial charge in [-0.15, -0.1) is 0 Å². The van der Waals surface area contributed by atoms with Crippen molar-refractivity contribution >= 4 is 11.9 Å². The molecule has 5 nitrogen and oxygen atoms in total. The number of nitrogens with zero attached hydrogens (tertiary/aromatic N) is 1. The smallest absolute Gasteiger partial charge is 0.323 e. The van der Waals surface area contributed by atoms with Crippen molar-refractivity contribution in [2.75, 3.05) is 13.1 Å². The quantitative estimate of drug-likeness (QED) is 0.737. The number of nitrogens with two attached hydrogens (primary N) is 1. The van der Waals surface area contributed by atoms with Gasteiger partial charge in [0.1, 0.15) is 6.54 Å². The van der Waals surface area contributed by atoms with Crippen LogP contribution in [0.2, 0.25) is 0 Å². The number of hydrogen-bond donors (Lipinski definition) is 2. The van der Waals surface area contributed by atoms with Gasteiger partial charge in [0.15, 0.2) is 0 Å². The van der Waals surface area contributed by atoms with Crippen LogP contribution < -0.4 is 5.73 Å². The Labute approximate surface area is 114 Å². The van der Waals surface area contributed by atoms with Gasteiger partial charge in [0.05, 0.1) is 5.41 Å². The third kappa shape index (κ3) is 3.26. The van der Waals surface area contributed by atoms with Crippen LogP contribution in [0, 0.1) is 5.41 Å². The fourth-order valence-electron chi connectivity index (χ4n) is 3.11. The Kier molecular flexibility index (Phi) is 4.45. The van der Waals surface area contributed by atoms with Gasteiger partial charge in [-0.2, -0.15) is 0 Å². The van der Waals surface area contributed by atoms with Gasteiger partial charge in [0, 0.05) is 12.6 Å². The van der Waals surface area contributed by atoms with E-state index in [9.17, 15) is 9.59 Å². The maximum Gasteiger partial charge on any atom is 0.323 e. The van der Waals surface area contributed by atoms with Crippen molar-refractivity contribution in [2.24, 2.45) is 11.1 Å². The molecule has 2 aliphatic rings. The molecule has 0 bridgehead atoms. The lowest BCUT2D eigenvalue weighted by atomic mass is 9.79. The van der Waals surface area contributed by atoms with E-state index in [2.05, 4.69) is 0 Å². The minimum Gasteiger partial charge on any atom is -0.480 e. The highest BCUT2D eigenvalue weighted by atomic mass is 16.4. The Morgan fingerprint density at radius 2 is 1.74 bits per heavy atom. The molecule has 108 valence electrons. The normalized spacial score (nSPS) is 22.6. The molecule has 0 aromatic carbocycles. The molecule has 0 atom stereocenters. The Bertz CT molecular complexity index is 345. The first-order valence-corrected chi connectivity index (χ1v) is 7.32. The molecule has 19 heavy (non-hydrogen) atoms. The Morgan fingerprint density at radius 3 is 2.16 bits per heavy atom. The van der Waals surface area contributed by atoms with Crippen LogP contribution >= 0.6 is 0 Å². The van der Waals surface area contributed by atoms with E-state index in [1.165, 1.54) is 0 Å². The number of aliphatic carboxylic acids is 1. The summed E-state index contributed by atoms with van der Waals surface area (Å²) in [6.45, 7) is 0.167. The fourth-order valence-corrected chi connectivity index (χ4v) is 3.11. The van der Waals surface area contributed by atoms with E-state index in [-0.39, 0.29) is 18.5 Å². The average molecular weight is 268 g/mol. The molecule has 0 aromatic rings. The van der Waals surface area contributed by atoms with E-state index in [1.54, 1.807) is 4.90 Å². The molecule has 0 heterocycles. The third-order valence-electron chi connectivity index (χ3n) is 4.46. The van der Waals surface area contributed by atoms with Gasteiger partial charge in [-0.25, -0.2) is 0 Å². The average Bonchev–Trinajstić information content (AvgIpc) is 3.21. The van der Waals surface area contributed by atoms with Crippen LogP contribution in [-0.4, -0.2) is 41.0 Å². The number of carboxylic acids is 1. The highest BCUT2D eigenvalue weighted by Crippen LogP contribution is 2.39. The van der Waals surface area contributed by atoms with Crippen LogP contribution in [-0.2, 0) is 9.59 Å². The number of carboxylic acid groups (broad SMARTS) is 1. The molecular weight excluding hydrogens is 244 g/mol. The van der Waals surface area contributed by atoms with E-state index < -0.39 is 11.4 Å². The van der Waals surface area contributed by atoms with Crippen molar-refractivity contribution in [1.82, 2.24) is 4.90 Å². The largest absolute Gasteiger partial charge is 0.480 e. The van der Waals surface area contributed by atoms with Crippen molar-refractivity contribution in [3.8, 4) is 0 Å². The molecule has 0 aliphatic heterocycles. The van der Waals surface area contributed by atoms with Crippen molar-refractivity contribution in [1.29, 1.82) is 0 Å². The monoisotopic (exact) mass is 268 g/mol. The number of rotatable bonds is 5. The first kappa shape index (κ1) is 14.3. The maximum atomic E-state index is 12.8. The molecule has 0 spiro atoms. The summed E-state index contributed by atoms with van der Waals surface area (Å²) < 4.78 is 0. The zero-order valence-corrected chi connectivity index (χ0v) is 11.4. The van der Waals surface area contributed by atoms with Gasteiger partial charge < -0.3 is 15.7 Å². The molecule has 3 N–H and O–H groups in total. The zero-order chi connectivity index (χ0) is 13.9. The van der Waals surface area contributed by atoms with E-state index in [1.807, 2.05) is 0 Å². The fraction of sp³-hybridized carbons (Fsp3) is 0.857. The van der Waals surface area contributed by atoms with Crippen LogP contribution in [0.15, 0.2) is 0 Å². The lowest BCUT2D eigenvalue weighted by Gasteiger charge is -2.35. The highest BCUT2D eigenvalue weighted by molar-refractivity contribution is 5.86. The van der Waals surface area contributed by atoms with E-state index >= 15 is 0 Å². The van der Waals surface area contributed by atoms with E-state index in [0.29, 0.717) is 6.54 Å². The second-order valence-corrected chi connectivity index (χ2v) is 5.96. The van der Waals surface area contributed by atoms with Crippen molar-refractivity contribution in [3.05, 3.63) is 0 Å². The number of hydrogen-bond acceptors (Lipinski definition) is 3. The van der Waals surface area contributed by atoms with Gasteiger partial charge in [0.25, 0.3) is 0 Å². The number of amides is 1. The Morgan fingerprint density at radius 1 is 1.16 bits per heavy atom. The topological polar surface area (TPSA) is 83.6 Å². The molecule has 0 saturated heterocycles. The summed E-state index contributed by atoms with van der Waals surface area (Å²) in [5.74, 6) is -0.942. The zero-order valence-electron chi connectivity index (χ0n) is 11.4. The molecule has 2 fully saturated rings. The van der Waals surface area contributed by atoms with Crippen molar-refractivity contribution in [2.45, 2.75) is 57.4 Å². The Balaban J connectivity index is 2.14. The summed E-state index contributed by atoms with van der Waals surface area (Å²) >= 11 is 0. The number of carbonyl (C=O) groups is 2. The summed E-state index contributed by atoms with van der Waals surface area (Å²) in [5, 5.41) is 8.99. The molecule has 2 aliphatic carbocycles. The minimum absolute atomic E-state index is 0.0122. The summed E-state index contributed by atoms with van der Waals surface area (Å²) in [4.78, 5) is 25.3. The molecule has 0 aromatic heterocycles. The van der Waals surface area contributed by atoms with Crippen LogP contribution in [0.4, 0.5) is 0 Å². The first-order chi connectivity index (χ1) is 9.09. The summed E-state index contributed by atoms with van der Waals surface area (Å²) in [7, 11) is 0. The SMILES string of the molecule is NCC1(C(=O)N(CC(=O)O)C2CC2)CCCCCC1. The summed E-state index contributed by atoms with van der Waals surface area (Å²) in [5.41, 5.74) is 5.40. The lowest BCUT2D eigenvalue weighted by molar-refractivity contribution is -0.150. The second-order valence-electron chi connectivity index (χ2n) is 5.96. The van der Waals surface area contributed by atoms with Crippen LogP contribution in [0.5, 0.6) is 0 Å². The predicted octanol–water partition coefficient (Wildman–Crippen LogP) is 1.36. The van der Waals surface area contributed by atoms with Crippen molar-refractivity contribution in [3.63, 3.8) is 0 Å². The second kappa shape index (κ2) is 5.90. The number of carbonyl (C=O) groups excluding carboxylic acids is 1. The molecule has 2 rings (SSSR count). The van der Waals surface area contributed by atoms with E-state index in [4.69, 9.17) is 10.8 Å². The van der Waals surface area contributed by atoms with Gasteiger partial charge >= 0.3 is 5.97 Å². The molecule has 0 radical (unpaired) electrons. The third-order valence-corrected chi connectivity index (χ3v) is 4.46. The first-order valence-electron chi connectivity index (χ1n) is 7.32. The molecule has 0 unspecified atom stereocenters. The van der Waals surface area contributed by atoms with Gasteiger partial charge in [-0.3, -0.25) is 9.59 Å². The highest BCUT2D eigenvalue weighted by Gasteiger charge is 2.44. The lowest BCUT2D eigenvalue weighted by Crippen LogP contribution is -2.50. The molecular formula is C14H24N2O3. The summed E-state index contributed by atoms with van der Waals surface area (Å²) in [6, 6.07) is 0.135. The van der Waals surface area contributed by atoms with Gasteiger partial charge in [-0.1, -0.05) is 25.7 Å². The predicted molar refractivity (Wildman–Crippen MR) is 71.6 cm³/mol. The maximum absolute atomic E-state index is 12.8. The minimum atomic E-state index is -0.930.